The summed E-state index contributed by atoms with van der Waals surface area (Å²) < 4.78 is 1.21. The van der Waals surface area contributed by atoms with Crippen molar-refractivity contribution >= 4 is 11.4 Å². The van der Waals surface area contributed by atoms with Crippen LogP contribution in [0.3, 0.4) is 0 Å². The molecular weight excluding hydrogens is 314 g/mol. The second-order valence-electron chi connectivity index (χ2n) is 5.68. The number of quaternary nitrogens is 1. The highest BCUT2D eigenvalue weighted by molar-refractivity contribution is 5.50. The van der Waals surface area contributed by atoms with E-state index in [0.717, 1.165) is 36.8 Å². The first kappa shape index (κ1) is 15.9. The summed E-state index contributed by atoms with van der Waals surface area (Å²) in [6.07, 6.45) is 0. The van der Waals surface area contributed by atoms with Gasteiger partial charge in [-0.2, -0.15) is 9.78 Å². The number of anilines is 1. The minimum atomic E-state index is -0.418. The Morgan fingerprint density at radius 2 is 1.79 bits per heavy atom. The summed E-state index contributed by atoms with van der Waals surface area (Å²) in [5, 5.41) is 25.7. The molecule has 9 nitrogen and oxygen atoms in total. The van der Waals surface area contributed by atoms with E-state index < -0.39 is 10.8 Å². The number of nitro benzene ring substituents is 1. The normalized spacial score (nSPS) is 15.4. The molecule has 1 N–H and O–H groups in total. The molecule has 0 unspecified atom stereocenters. The van der Waals surface area contributed by atoms with Crippen LogP contribution in [0.1, 0.15) is 0 Å². The zero-order chi connectivity index (χ0) is 17.1. The van der Waals surface area contributed by atoms with Crippen molar-refractivity contribution in [3.8, 4) is 5.88 Å². The summed E-state index contributed by atoms with van der Waals surface area (Å²) in [5.74, 6) is -0.418. The van der Waals surface area contributed by atoms with E-state index in [-0.39, 0.29) is 11.2 Å². The SMILES string of the molecule is O=c1ccc([O-])nn1C[NH+]1CCN(c2ccc([N+](=O)[O-])cc2)CC1. The second-order valence-corrected chi connectivity index (χ2v) is 5.68. The Kier molecular flexibility index (Phi) is 4.43. The number of benzene rings is 1. The molecule has 24 heavy (non-hydrogen) atoms. The van der Waals surface area contributed by atoms with Crippen LogP contribution >= 0.6 is 0 Å². The van der Waals surface area contributed by atoms with E-state index in [1.54, 1.807) is 12.1 Å². The predicted octanol–water partition coefficient (Wildman–Crippen LogP) is -1.41. The molecule has 0 radical (unpaired) electrons. The minimum absolute atomic E-state index is 0.0750. The highest BCUT2D eigenvalue weighted by Gasteiger charge is 2.21. The van der Waals surface area contributed by atoms with Gasteiger partial charge in [-0.15, -0.1) is 0 Å². The van der Waals surface area contributed by atoms with Crippen LogP contribution in [0.25, 0.3) is 0 Å². The average molecular weight is 331 g/mol. The minimum Gasteiger partial charge on any atom is -0.857 e. The van der Waals surface area contributed by atoms with Crippen LogP contribution in [-0.4, -0.2) is 40.9 Å². The fraction of sp³-hybridized carbons (Fsp3) is 0.333. The molecule has 1 aromatic carbocycles. The first-order valence-corrected chi connectivity index (χ1v) is 7.61. The number of nitrogens with zero attached hydrogens (tertiary/aromatic N) is 4. The van der Waals surface area contributed by atoms with E-state index in [0.29, 0.717) is 6.67 Å². The lowest BCUT2D eigenvalue weighted by atomic mass is 10.2. The molecule has 1 fully saturated rings. The van der Waals surface area contributed by atoms with Gasteiger partial charge >= 0.3 is 0 Å². The number of hydrogen-bond donors (Lipinski definition) is 1. The first-order chi connectivity index (χ1) is 11.5. The quantitative estimate of drug-likeness (QED) is 0.544. The van der Waals surface area contributed by atoms with Gasteiger partial charge in [0, 0.05) is 29.8 Å². The van der Waals surface area contributed by atoms with Crippen molar-refractivity contribution < 1.29 is 14.9 Å². The number of aromatic nitrogens is 2. The zero-order valence-corrected chi connectivity index (χ0v) is 12.9. The number of nitro groups is 1. The van der Waals surface area contributed by atoms with Gasteiger partial charge in [-0.05, 0) is 18.2 Å². The molecule has 0 amide bonds. The Bertz CT molecular complexity index is 781. The fourth-order valence-corrected chi connectivity index (χ4v) is 2.78. The van der Waals surface area contributed by atoms with Crippen LogP contribution < -0.4 is 20.5 Å². The topological polar surface area (TPSA) is 109 Å². The van der Waals surface area contributed by atoms with Gasteiger partial charge in [0.1, 0.15) is 0 Å². The van der Waals surface area contributed by atoms with E-state index in [1.807, 2.05) is 0 Å². The molecule has 0 atom stereocenters. The van der Waals surface area contributed by atoms with E-state index >= 15 is 0 Å². The van der Waals surface area contributed by atoms with Gasteiger partial charge in [0.25, 0.3) is 11.2 Å². The zero-order valence-electron chi connectivity index (χ0n) is 12.9. The number of nitrogens with one attached hydrogen (secondary N) is 1. The van der Waals surface area contributed by atoms with Gasteiger partial charge in [-0.1, -0.05) is 0 Å². The molecule has 9 heteroatoms. The fourth-order valence-electron chi connectivity index (χ4n) is 2.78. The molecule has 3 rings (SSSR count). The third kappa shape index (κ3) is 3.51. The van der Waals surface area contributed by atoms with Crippen LogP contribution in [-0.2, 0) is 6.67 Å². The van der Waals surface area contributed by atoms with E-state index in [1.165, 1.54) is 28.9 Å². The van der Waals surface area contributed by atoms with Crippen molar-refractivity contribution in [2.45, 2.75) is 6.67 Å². The van der Waals surface area contributed by atoms with Crippen molar-refractivity contribution in [3.63, 3.8) is 0 Å². The van der Waals surface area contributed by atoms with Crippen molar-refractivity contribution in [2.24, 2.45) is 0 Å². The number of hydrogen-bond acceptors (Lipinski definition) is 6. The molecule has 0 saturated carbocycles. The van der Waals surface area contributed by atoms with E-state index in [4.69, 9.17) is 0 Å². The van der Waals surface area contributed by atoms with Crippen LogP contribution in [0.5, 0.6) is 5.88 Å². The van der Waals surface area contributed by atoms with E-state index in [9.17, 15) is 20.0 Å². The van der Waals surface area contributed by atoms with Crippen molar-refractivity contribution in [3.05, 3.63) is 56.9 Å². The van der Waals surface area contributed by atoms with Gasteiger partial charge in [0.15, 0.2) is 6.67 Å². The van der Waals surface area contributed by atoms with Crippen LogP contribution in [0.15, 0.2) is 41.2 Å². The monoisotopic (exact) mass is 331 g/mol. The van der Waals surface area contributed by atoms with Gasteiger partial charge in [0.2, 0.25) is 0 Å². The van der Waals surface area contributed by atoms with Gasteiger partial charge in [-0.25, -0.2) is 0 Å². The maximum Gasteiger partial charge on any atom is 0.271 e. The van der Waals surface area contributed by atoms with E-state index in [2.05, 4.69) is 10.00 Å². The predicted molar refractivity (Wildman–Crippen MR) is 83.9 cm³/mol. The van der Waals surface area contributed by atoms with Crippen molar-refractivity contribution in [2.75, 3.05) is 31.1 Å². The van der Waals surface area contributed by atoms with Crippen LogP contribution in [0, 0.1) is 10.1 Å². The number of piperazine rings is 1. The summed E-state index contributed by atoms with van der Waals surface area (Å²) in [7, 11) is 0. The highest BCUT2D eigenvalue weighted by atomic mass is 16.6. The molecule has 0 spiro atoms. The number of non-ortho nitro benzene ring substituents is 1. The molecular formula is C15H17N5O4. The third-order valence-electron chi connectivity index (χ3n) is 4.11. The summed E-state index contributed by atoms with van der Waals surface area (Å²) in [6, 6.07) is 8.89. The molecule has 1 saturated heterocycles. The maximum atomic E-state index is 11.7. The lowest BCUT2D eigenvalue weighted by Gasteiger charge is -2.33. The molecule has 0 aliphatic carbocycles. The van der Waals surface area contributed by atoms with Gasteiger partial charge in [0.05, 0.1) is 31.1 Å². The molecule has 2 aromatic rings. The summed E-state index contributed by atoms with van der Waals surface area (Å²) in [4.78, 5) is 25.3. The summed E-state index contributed by atoms with van der Waals surface area (Å²) >= 11 is 0. The first-order valence-electron chi connectivity index (χ1n) is 7.61. The Labute approximate surface area is 137 Å². The standard InChI is InChI=1S/C15H17N5O4/c21-14-5-6-15(22)19(16-14)11-17-7-9-18(10-8-17)12-1-3-13(4-2-12)20(23)24/h1-6H,7-11H2,(H,16,21). The molecule has 2 heterocycles. The van der Waals surface area contributed by atoms with Gasteiger partial charge < -0.3 is 14.9 Å². The summed E-state index contributed by atoms with van der Waals surface area (Å²) in [6.45, 7) is 3.46. The molecule has 0 bridgehead atoms. The maximum absolute atomic E-state index is 11.7. The lowest BCUT2D eigenvalue weighted by Crippen LogP contribution is -3.14. The Morgan fingerprint density at radius 1 is 1.12 bits per heavy atom. The van der Waals surface area contributed by atoms with Crippen LogP contribution in [0.2, 0.25) is 0 Å². The van der Waals surface area contributed by atoms with Crippen molar-refractivity contribution in [1.29, 1.82) is 0 Å². The van der Waals surface area contributed by atoms with Crippen molar-refractivity contribution in [1.82, 2.24) is 9.78 Å². The molecule has 126 valence electrons. The lowest BCUT2D eigenvalue weighted by molar-refractivity contribution is -0.924. The Morgan fingerprint density at radius 3 is 2.42 bits per heavy atom. The average Bonchev–Trinajstić information content (AvgIpc) is 2.59. The third-order valence-corrected chi connectivity index (χ3v) is 4.11. The molecule has 1 aliphatic rings. The van der Waals surface area contributed by atoms with Crippen LogP contribution in [0.4, 0.5) is 11.4 Å². The number of rotatable bonds is 4. The largest absolute Gasteiger partial charge is 0.857 e. The molecule has 1 aromatic heterocycles. The highest BCUT2D eigenvalue weighted by Crippen LogP contribution is 2.19. The smallest absolute Gasteiger partial charge is 0.271 e. The Hall–Kier alpha value is -2.94. The second kappa shape index (κ2) is 6.67. The Balaban J connectivity index is 1.60. The molecule has 1 aliphatic heterocycles. The van der Waals surface area contributed by atoms with Gasteiger partial charge in [-0.3, -0.25) is 14.9 Å². The summed E-state index contributed by atoms with van der Waals surface area (Å²) in [5.41, 5.74) is 0.738.